The maximum absolute atomic E-state index is 11.4. The summed E-state index contributed by atoms with van der Waals surface area (Å²) < 4.78 is 9.83. The van der Waals surface area contributed by atoms with E-state index in [-0.39, 0.29) is 0 Å². The Morgan fingerprint density at radius 2 is 1.94 bits per heavy atom. The van der Waals surface area contributed by atoms with Crippen molar-refractivity contribution >= 4 is 5.97 Å². The van der Waals surface area contributed by atoms with Gasteiger partial charge in [-0.05, 0) is 18.2 Å². The highest BCUT2D eigenvalue weighted by atomic mass is 16.5. The van der Waals surface area contributed by atoms with Gasteiger partial charge in [0.2, 0.25) is 0 Å². The lowest BCUT2D eigenvalue weighted by atomic mass is 10.2. The fourth-order valence-electron chi connectivity index (χ4n) is 1.43. The third kappa shape index (κ3) is 2.10. The van der Waals surface area contributed by atoms with E-state index in [9.17, 15) is 4.79 Å². The second-order valence-corrected chi connectivity index (χ2v) is 3.20. The van der Waals surface area contributed by atoms with Gasteiger partial charge in [0.15, 0.2) is 0 Å². The van der Waals surface area contributed by atoms with Crippen LogP contribution in [0, 0.1) is 0 Å². The molecule has 0 radical (unpaired) electrons. The van der Waals surface area contributed by atoms with Gasteiger partial charge in [-0.2, -0.15) is 10.2 Å². The minimum atomic E-state index is -0.414. The number of ether oxygens (including phenoxy) is 2. The van der Waals surface area contributed by atoms with Crippen molar-refractivity contribution < 1.29 is 14.3 Å². The molecule has 6 heteroatoms. The third-order valence-corrected chi connectivity index (χ3v) is 2.24. The van der Waals surface area contributed by atoms with Crippen molar-refractivity contribution in [2.75, 3.05) is 14.2 Å². The maximum atomic E-state index is 11.4. The molecule has 0 fully saturated rings. The van der Waals surface area contributed by atoms with E-state index >= 15 is 0 Å². The molecule has 0 unspecified atom stereocenters. The molecular formula is C11H11N3O3. The summed E-state index contributed by atoms with van der Waals surface area (Å²) in [6.07, 6.45) is 3.13. The van der Waals surface area contributed by atoms with E-state index in [2.05, 4.69) is 14.9 Å². The molecule has 2 rings (SSSR count). The molecule has 17 heavy (non-hydrogen) atoms. The second-order valence-electron chi connectivity index (χ2n) is 3.20. The molecule has 6 nitrogen and oxygen atoms in total. The van der Waals surface area contributed by atoms with Crippen LogP contribution in [0.5, 0.6) is 5.75 Å². The molecule has 88 valence electrons. The van der Waals surface area contributed by atoms with Gasteiger partial charge in [-0.25, -0.2) is 4.79 Å². The van der Waals surface area contributed by atoms with E-state index in [1.54, 1.807) is 30.6 Å². The van der Waals surface area contributed by atoms with E-state index in [0.717, 1.165) is 0 Å². The van der Waals surface area contributed by atoms with Crippen LogP contribution in [0.2, 0.25) is 0 Å². The number of carbonyl (C=O) groups excluding carboxylic acids is 1. The first kappa shape index (κ1) is 11.1. The SMILES string of the molecule is COC(=O)c1ccc(-n2nccn2)c(OC)c1. The topological polar surface area (TPSA) is 66.2 Å². The van der Waals surface area contributed by atoms with Crippen LogP contribution in [0.25, 0.3) is 5.69 Å². The summed E-state index contributed by atoms with van der Waals surface area (Å²) in [4.78, 5) is 12.8. The molecule has 1 heterocycles. The molecule has 0 amide bonds. The van der Waals surface area contributed by atoms with E-state index < -0.39 is 5.97 Å². The number of aromatic nitrogens is 3. The van der Waals surface area contributed by atoms with Gasteiger partial charge in [-0.1, -0.05) is 0 Å². The summed E-state index contributed by atoms with van der Waals surface area (Å²) >= 11 is 0. The number of benzene rings is 1. The van der Waals surface area contributed by atoms with Crippen LogP contribution in [0.1, 0.15) is 10.4 Å². The molecule has 2 aromatic rings. The average Bonchev–Trinajstić information content (AvgIpc) is 2.90. The van der Waals surface area contributed by atoms with E-state index in [4.69, 9.17) is 4.74 Å². The fraction of sp³-hybridized carbons (Fsp3) is 0.182. The lowest BCUT2D eigenvalue weighted by Crippen LogP contribution is -2.05. The highest BCUT2D eigenvalue weighted by molar-refractivity contribution is 5.90. The van der Waals surface area contributed by atoms with Crippen molar-refractivity contribution in [3.8, 4) is 11.4 Å². The van der Waals surface area contributed by atoms with Gasteiger partial charge < -0.3 is 9.47 Å². The number of esters is 1. The van der Waals surface area contributed by atoms with Crippen LogP contribution in [0.4, 0.5) is 0 Å². The van der Waals surface area contributed by atoms with Gasteiger partial charge in [-0.3, -0.25) is 0 Å². The van der Waals surface area contributed by atoms with Gasteiger partial charge in [0.05, 0.1) is 32.2 Å². The minimum Gasteiger partial charge on any atom is -0.494 e. The molecule has 0 saturated carbocycles. The Bertz CT molecular complexity index is 523. The van der Waals surface area contributed by atoms with Crippen molar-refractivity contribution in [2.24, 2.45) is 0 Å². The van der Waals surface area contributed by atoms with Crippen LogP contribution in [-0.4, -0.2) is 35.2 Å². The predicted molar refractivity (Wildman–Crippen MR) is 59.3 cm³/mol. The van der Waals surface area contributed by atoms with Crippen molar-refractivity contribution in [3.63, 3.8) is 0 Å². The van der Waals surface area contributed by atoms with Gasteiger partial charge in [-0.15, -0.1) is 4.80 Å². The number of rotatable bonds is 3. The van der Waals surface area contributed by atoms with Crippen LogP contribution < -0.4 is 4.74 Å². The average molecular weight is 233 g/mol. The molecule has 1 aromatic carbocycles. The Morgan fingerprint density at radius 1 is 1.24 bits per heavy atom. The highest BCUT2D eigenvalue weighted by Gasteiger charge is 2.12. The quantitative estimate of drug-likeness (QED) is 0.741. The summed E-state index contributed by atoms with van der Waals surface area (Å²) in [6, 6.07) is 4.92. The molecule has 0 spiro atoms. The molecule has 0 aliphatic rings. The highest BCUT2D eigenvalue weighted by Crippen LogP contribution is 2.23. The van der Waals surface area contributed by atoms with Crippen molar-refractivity contribution in [2.45, 2.75) is 0 Å². The van der Waals surface area contributed by atoms with Crippen molar-refractivity contribution in [3.05, 3.63) is 36.2 Å². The number of methoxy groups -OCH3 is 2. The standard InChI is InChI=1S/C11H11N3O3/c1-16-10-7-8(11(15)17-2)3-4-9(10)14-12-5-6-13-14/h3-7H,1-2H3. The van der Waals surface area contributed by atoms with Gasteiger partial charge >= 0.3 is 5.97 Å². The second kappa shape index (κ2) is 4.65. The summed E-state index contributed by atoms with van der Waals surface area (Å²) in [5.41, 5.74) is 1.07. The molecule has 0 atom stereocenters. The molecule has 0 aliphatic carbocycles. The normalized spacial score (nSPS) is 10.0. The van der Waals surface area contributed by atoms with Crippen molar-refractivity contribution in [1.29, 1.82) is 0 Å². The molecule has 0 aliphatic heterocycles. The number of carbonyl (C=O) groups is 1. The third-order valence-electron chi connectivity index (χ3n) is 2.24. The Morgan fingerprint density at radius 3 is 2.53 bits per heavy atom. The lowest BCUT2D eigenvalue weighted by Gasteiger charge is -2.08. The summed E-state index contributed by atoms with van der Waals surface area (Å²) in [6.45, 7) is 0. The van der Waals surface area contributed by atoms with Crippen LogP contribution in [0.15, 0.2) is 30.6 Å². The Kier molecular flexibility index (Phi) is 3.04. The summed E-state index contributed by atoms with van der Waals surface area (Å²) in [7, 11) is 2.85. The van der Waals surface area contributed by atoms with Crippen LogP contribution in [0.3, 0.4) is 0 Å². The first-order valence-electron chi connectivity index (χ1n) is 4.89. The zero-order valence-corrected chi connectivity index (χ0v) is 9.45. The van der Waals surface area contributed by atoms with Gasteiger partial charge in [0.25, 0.3) is 0 Å². The van der Waals surface area contributed by atoms with Gasteiger partial charge in [0.1, 0.15) is 11.4 Å². The molecule has 0 saturated heterocycles. The largest absolute Gasteiger partial charge is 0.494 e. The monoisotopic (exact) mass is 233 g/mol. The smallest absolute Gasteiger partial charge is 0.337 e. The van der Waals surface area contributed by atoms with Crippen LogP contribution in [-0.2, 0) is 4.74 Å². The minimum absolute atomic E-state index is 0.414. The Labute approximate surface area is 97.8 Å². The van der Waals surface area contributed by atoms with E-state index in [1.165, 1.54) is 19.0 Å². The Balaban J connectivity index is 2.46. The zero-order valence-electron chi connectivity index (χ0n) is 9.45. The molecule has 0 bridgehead atoms. The molecule has 0 N–H and O–H groups in total. The first-order chi connectivity index (χ1) is 8.26. The number of hydrogen-bond donors (Lipinski definition) is 0. The van der Waals surface area contributed by atoms with Crippen LogP contribution >= 0.6 is 0 Å². The van der Waals surface area contributed by atoms with Crippen molar-refractivity contribution in [1.82, 2.24) is 15.0 Å². The van der Waals surface area contributed by atoms with E-state index in [0.29, 0.717) is 17.0 Å². The maximum Gasteiger partial charge on any atom is 0.337 e. The molecule has 1 aromatic heterocycles. The fourth-order valence-corrected chi connectivity index (χ4v) is 1.43. The lowest BCUT2D eigenvalue weighted by molar-refractivity contribution is 0.0600. The zero-order chi connectivity index (χ0) is 12.3. The number of hydrogen-bond acceptors (Lipinski definition) is 5. The predicted octanol–water partition coefficient (Wildman–Crippen LogP) is 1.06. The summed E-state index contributed by atoms with van der Waals surface area (Å²) in [5.74, 6) is 0.0902. The molecular weight excluding hydrogens is 222 g/mol. The van der Waals surface area contributed by atoms with E-state index in [1.807, 2.05) is 0 Å². The van der Waals surface area contributed by atoms with Gasteiger partial charge in [0, 0.05) is 0 Å². The first-order valence-corrected chi connectivity index (χ1v) is 4.89. The Hall–Kier alpha value is -2.37. The number of nitrogens with zero attached hydrogens (tertiary/aromatic N) is 3. The summed E-state index contributed by atoms with van der Waals surface area (Å²) in [5, 5.41) is 8.00.